The number of aliphatic hydroxyl groups is 1. The Bertz CT molecular complexity index is 341. The van der Waals surface area contributed by atoms with Gasteiger partial charge in [-0.05, 0) is 23.5 Å². The fourth-order valence-electron chi connectivity index (χ4n) is 1.61. The summed E-state index contributed by atoms with van der Waals surface area (Å²) < 4.78 is 0. The van der Waals surface area contributed by atoms with Crippen molar-refractivity contribution < 1.29 is 15.0 Å². The summed E-state index contributed by atoms with van der Waals surface area (Å²) in [5.74, 6) is -0.399. The van der Waals surface area contributed by atoms with E-state index in [2.05, 4.69) is 13.8 Å². The molecule has 3 heteroatoms. The van der Waals surface area contributed by atoms with E-state index in [9.17, 15) is 9.90 Å². The van der Waals surface area contributed by atoms with Gasteiger partial charge in [-0.25, -0.2) is 0 Å². The standard InChI is InChI=1S/C13H18O3/c1-9(2)7-12(14)11-5-3-10(4-6-11)8-13(15)16/h3-6,9,12,14H,7-8H2,1-2H3,(H,15,16). The molecule has 1 atom stereocenters. The van der Waals surface area contributed by atoms with E-state index < -0.39 is 12.1 Å². The number of aliphatic carboxylic acids is 1. The van der Waals surface area contributed by atoms with Crippen LogP contribution in [0.1, 0.15) is 37.5 Å². The van der Waals surface area contributed by atoms with E-state index in [-0.39, 0.29) is 6.42 Å². The average Bonchev–Trinajstić information content (AvgIpc) is 2.16. The first-order chi connectivity index (χ1) is 7.49. The van der Waals surface area contributed by atoms with Gasteiger partial charge in [0, 0.05) is 0 Å². The molecule has 0 bridgehead atoms. The van der Waals surface area contributed by atoms with E-state index in [1.807, 2.05) is 0 Å². The van der Waals surface area contributed by atoms with Gasteiger partial charge in [-0.15, -0.1) is 0 Å². The molecule has 0 heterocycles. The molecule has 3 nitrogen and oxygen atoms in total. The van der Waals surface area contributed by atoms with Gasteiger partial charge in [-0.1, -0.05) is 38.1 Å². The first-order valence-electron chi connectivity index (χ1n) is 5.47. The van der Waals surface area contributed by atoms with Crippen LogP contribution >= 0.6 is 0 Å². The summed E-state index contributed by atoms with van der Waals surface area (Å²) >= 11 is 0. The zero-order valence-electron chi connectivity index (χ0n) is 9.68. The minimum Gasteiger partial charge on any atom is -0.481 e. The molecule has 1 rings (SSSR count). The predicted octanol–water partition coefficient (Wildman–Crippen LogP) is 2.39. The molecule has 0 spiro atoms. The second-order valence-electron chi connectivity index (χ2n) is 4.46. The minimum atomic E-state index is -0.838. The lowest BCUT2D eigenvalue weighted by molar-refractivity contribution is -0.136. The third kappa shape index (κ3) is 4.03. The van der Waals surface area contributed by atoms with Crippen LogP contribution in [0.25, 0.3) is 0 Å². The van der Waals surface area contributed by atoms with Crippen LogP contribution in [0.3, 0.4) is 0 Å². The lowest BCUT2D eigenvalue weighted by Gasteiger charge is -2.13. The molecule has 0 saturated heterocycles. The number of aliphatic hydroxyl groups excluding tert-OH is 1. The Morgan fingerprint density at radius 2 is 1.81 bits per heavy atom. The Kier molecular flexibility index (Phi) is 4.50. The first kappa shape index (κ1) is 12.7. The fraction of sp³-hybridized carbons (Fsp3) is 0.462. The monoisotopic (exact) mass is 222 g/mol. The maximum absolute atomic E-state index is 10.5. The van der Waals surface area contributed by atoms with Crippen molar-refractivity contribution in [2.24, 2.45) is 5.92 Å². The fourth-order valence-corrected chi connectivity index (χ4v) is 1.61. The Morgan fingerprint density at radius 3 is 2.25 bits per heavy atom. The van der Waals surface area contributed by atoms with Gasteiger partial charge in [0.15, 0.2) is 0 Å². The highest BCUT2D eigenvalue weighted by Crippen LogP contribution is 2.21. The van der Waals surface area contributed by atoms with Gasteiger partial charge in [0.25, 0.3) is 0 Å². The molecule has 16 heavy (non-hydrogen) atoms. The molecule has 1 unspecified atom stereocenters. The second kappa shape index (κ2) is 5.66. The highest BCUT2D eigenvalue weighted by molar-refractivity contribution is 5.70. The number of carboxylic acid groups (broad SMARTS) is 1. The molecule has 1 aromatic rings. The van der Waals surface area contributed by atoms with Crippen LogP contribution in [-0.2, 0) is 11.2 Å². The molecule has 0 radical (unpaired) electrons. The molecule has 88 valence electrons. The molecule has 2 N–H and O–H groups in total. The number of hydrogen-bond acceptors (Lipinski definition) is 2. The van der Waals surface area contributed by atoms with Crippen LogP contribution in [0, 0.1) is 5.92 Å². The third-order valence-corrected chi connectivity index (χ3v) is 2.41. The van der Waals surface area contributed by atoms with Crippen molar-refractivity contribution in [1.82, 2.24) is 0 Å². The van der Waals surface area contributed by atoms with Gasteiger partial charge in [0.2, 0.25) is 0 Å². The van der Waals surface area contributed by atoms with Crippen LogP contribution in [-0.4, -0.2) is 16.2 Å². The summed E-state index contributed by atoms with van der Waals surface area (Å²) in [5, 5.41) is 18.5. The van der Waals surface area contributed by atoms with Crippen molar-refractivity contribution in [1.29, 1.82) is 0 Å². The molecule has 0 aromatic heterocycles. The number of rotatable bonds is 5. The van der Waals surface area contributed by atoms with E-state index in [0.717, 1.165) is 17.5 Å². The van der Waals surface area contributed by atoms with Gasteiger partial charge in [0.05, 0.1) is 12.5 Å². The smallest absolute Gasteiger partial charge is 0.307 e. The lowest BCUT2D eigenvalue weighted by Crippen LogP contribution is -2.03. The molecular weight excluding hydrogens is 204 g/mol. The van der Waals surface area contributed by atoms with E-state index in [0.29, 0.717) is 5.92 Å². The SMILES string of the molecule is CC(C)CC(O)c1ccc(CC(=O)O)cc1. The summed E-state index contributed by atoms with van der Waals surface area (Å²) in [5.41, 5.74) is 1.61. The summed E-state index contributed by atoms with van der Waals surface area (Å²) in [4.78, 5) is 10.5. The average molecular weight is 222 g/mol. The van der Waals surface area contributed by atoms with Crippen LogP contribution in [0.4, 0.5) is 0 Å². The molecule has 0 aliphatic rings. The number of hydrogen-bond donors (Lipinski definition) is 2. The van der Waals surface area contributed by atoms with E-state index in [1.54, 1.807) is 24.3 Å². The Balaban J connectivity index is 2.66. The molecule has 1 aromatic carbocycles. The predicted molar refractivity (Wildman–Crippen MR) is 62.2 cm³/mol. The van der Waals surface area contributed by atoms with Gasteiger partial charge in [-0.2, -0.15) is 0 Å². The Morgan fingerprint density at radius 1 is 1.25 bits per heavy atom. The van der Waals surface area contributed by atoms with E-state index in [1.165, 1.54) is 0 Å². The Labute approximate surface area is 95.7 Å². The normalized spacial score (nSPS) is 12.8. The topological polar surface area (TPSA) is 57.5 Å². The van der Waals surface area contributed by atoms with E-state index in [4.69, 9.17) is 5.11 Å². The van der Waals surface area contributed by atoms with Gasteiger partial charge in [0.1, 0.15) is 0 Å². The highest BCUT2D eigenvalue weighted by atomic mass is 16.4. The third-order valence-electron chi connectivity index (χ3n) is 2.41. The van der Waals surface area contributed by atoms with Crippen molar-refractivity contribution in [3.8, 4) is 0 Å². The van der Waals surface area contributed by atoms with Gasteiger partial charge in [-0.3, -0.25) is 4.79 Å². The minimum absolute atomic E-state index is 0.0283. The Hall–Kier alpha value is -1.35. The quantitative estimate of drug-likeness (QED) is 0.804. The van der Waals surface area contributed by atoms with E-state index >= 15 is 0 Å². The second-order valence-corrected chi connectivity index (χ2v) is 4.46. The van der Waals surface area contributed by atoms with Crippen LogP contribution in [0.2, 0.25) is 0 Å². The van der Waals surface area contributed by atoms with Gasteiger partial charge < -0.3 is 10.2 Å². The number of carbonyl (C=O) groups is 1. The maximum atomic E-state index is 10.5. The van der Waals surface area contributed by atoms with Gasteiger partial charge >= 0.3 is 5.97 Å². The molecular formula is C13H18O3. The number of benzene rings is 1. The molecule has 0 aliphatic carbocycles. The van der Waals surface area contributed by atoms with Crippen molar-refractivity contribution in [3.63, 3.8) is 0 Å². The summed E-state index contributed by atoms with van der Waals surface area (Å²) in [6.07, 6.45) is 0.289. The van der Waals surface area contributed by atoms with Crippen LogP contribution < -0.4 is 0 Å². The van der Waals surface area contributed by atoms with Crippen LogP contribution in [0.15, 0.2) is 24.3 Å². The zero-order chi connectivity index (χ0) is 12.1. The largest absolute Gasteiger partial charge is 0.481 e. The molecule has 0 saturated carbocycles. The van der Waals surface area contributed by atoms with Crippen molar-refractivity contribution >= 4 is 5.97 Å². The maximum Gasteiger partial charge on any atom is 0.307 e. The molecule has 0 fully saturated rings. The number of carboxylic acids is 1. The lowest BCUT2D eigenvalue weighted by atomic mass is 9.98. The summed E-state index contributed by atoms with van der Waals surface area (Å²) in [6, 6.07) is 7.11. The summed E-state index contributed by atoms with van der Waals surface area (Å²) in [6.45, 7) is 4.12. The van der Waals surface area contributed by atoms with Crippen molar-refractivity contribution in [3.05, 3.63) is 35.4 Å². The molecule has 0 aliphatic heterocycles. The van der Waals surface area contributed by atoms with Crippen LogP contribution in [0.5, 0.6) is 0 Å². The van der Waals surface area contributed by atoms with Crippen molar-refractivity contribution in [2.45, 2.75) is 32.8 Å². The van der Waals surface area contributed by atoms with Crippen molar-refractivity contribution in [2.75, 3.05) is 0 Å². The summed E-state index contributed by atoms with van der Waals surface area (Å²) in [7, 11) is 0. The highest BCUT2D eigenvalue weighted by Gasteiger charge is 2.09. The first-order valence-corrected chi connectivity index (χ1v) is 5.47. The molecule has 0 amide bonds. The zero-order valence-corrected chi connectivity index (χ0v) is 9.68.